The third-order valence-electron chi connectivity index (χ3n) is 3.78. The van der Waals surface area contributed by atoms with Crippen LogP contribution in [0.1, 0.15) is 46.8 Å². The molecule has 0 radical (unpaired) electrons. The summed E-state index contributed by atoms with van der Waals surface area (Å²) in [6.45, 7) is 5.63. The minimum absolute atomic E-state index is 0.0562. The maximum Gasteiger partial charge on any atom is 0.329 e. The van der Waals surface area contributed by atoms with Crippen molar-refractivity contribution in [3.8, 4) is 0 Å². The number of rotatable bonds is 5. The molecular formula is C14H19NO3S. The lowest BCUT2D eigenvalue weighted by molar-refractivity contribution is -0.144. The van der Waals surface area contributed by atoms with Crippen LogP contribution in [-0.2, 0) is 11.2 Å². The van der Waals surface area contributed by atoms with Gasteiger partial charge in [-0.2, -0.15) is 0 Å². The molecule has 0 aromatic carbocycles. The number of aliphatic carboxylic acids is 1. The zero-order valence-corrected chi connectivity index (χ0v) is 12.3. The van der Waals surface area contributed by atoms with Gasteiger partial charge in [-0.1, -0.05) is 6.92 Å². The van der Waals surface area contributed by atoms with Crippen LogP contribution in [-0.4, -0.2) is 22.5 Å². The number of aryl methyl sites for hydroxylation is 2. The number of carbonyl (C=O) groups excluding carboxylic acids is 1. The summed E-state index contributed by atoms with van der Waals surface area (Å²) >= 11 is 1.45. The summed E-state index contributed by atoms with van der Waals surface area (Å²) < 4.78 is 0. The molecule has 1 aliphatic rings. The summed E-state index contributed by atoms with van der Waals surface area (Å²) in [6.07, 6.45) is 2.63. The fourth-order valence-corrected chi connectivity index (χ4v) is 3.28. The van der Waals surface area contributed by atoms with Crippen LogP contribution < -0.4 is 5.32 Å². The van der Waals surface area contributed by atoms with Gasteiger partial charge in [0.15, 0.2) is 0 Å². The number of hydrogen-bond acceptors (Lipinski definition) is 3. The van der Waals surface area contributed by atoms with Gasteiger partial charge in [-0.25, -0.2) is 4.79 Å². The van der Waals surface area contributed by atoms with Crippen molar-refractivity contribution in [2.45, 2.75) is 45.6 Å². The average molecular weight is 281 g/mol. The van der Waals surface area contributed by atoms with E-state index in [9.17, 15) is 14.7 Å². The molecule has 5 heteroatoms. The topological polar surface area (TPSA) is 66.4 Å². The molecule has 0 saturated heterocycles. The molecule has 1 amide bonds. The molecule has 1 fully saturated rings. The molecule has 1 heterocycles. The van der Waals surface area contributed by atoms with E-state index in [1.165, 1.54) is 16.2 Å². The average Bonchev–Trinajstić information content (AvgIpc) is 3.12. The number of carbonyl (C=O) groups is 2. The van der Waals surface area contributed by atoms with Crippen molar-refractivity contribution in [3.63, 3.8) is 0 Å². The fraction of sp³-hybridized carbons (Fsp3) is 0.571. The van der Waals surface area contributed by atoms with Gasteiger partial charge in [0.1, 0.15) is 5.54 Å². The third-order valence-corrected chi connectivity index (χ3v) is 5.16. The lowest BCUT2D eigenvalue weighted by atomic mass is 9.96. The molecule has 0 aliphatic heterocycles. The van der Waals surface area contributed by atoms with Crippen molar-refractivity contribution in [1.82, 2.24) is 5.32 Å². The zero-order chi connectivity index (χ0) is 14.2. The van der Waals surface area contributed by atoms with Gasteiger partial charge < -0.3 is 10.4 Å². The van der Waals surface area contributed by atoms with Crippen molar-refractivity contribution in [1.29, 1.82) is 0 Å². The van der Waals surface area contributed by atoms with Crippen LogP contribution in [0, 0.1) is 12.8 Å². The molecule has 2 rings (SSSR count). The van der Waals surface area contributed by atoms with Gasteiger partial charge in [0.05, 0.1) is 4.88 Å². The van der Waals surface area contributed by atoms with Crippen LogP contribution in [0.25, 0.3) is 0 Å². The molecule has 4 nitrogen and oxygen atoms in total. The summed E-state index contributed by atoms with van der Waals surface area (Å²) in [5.74, 6) is -1.17. The number of thiophene rings is 1. The second-order valence-corrected chi connectivity index (χ2v) is 6.44. The maximum atomic E-state index is 12.2. The Labute approximate surface area is 116 Å². The number of carboxylic acid groups (broad SMARTS) is 1. The Morgan fingerprint density at radius 2 is 2.16 bits per heavy atom. The molecule has 19 heavy (non-hydrogen) atoms. The normalized spacial score (nSPS) is 17.8. The zero-order valence-electron chi connectivity index (χ0n) is 11.4. The quantitative estimate of drug-likeness (QED) is 0.872. The van der Waals surface area contributed by atoms with E-state index in [0.29, 0.717) is 4.88 Å². The summed E-state index contributed by atoms with van der Waals surface area (Å²) in [7, 11) is 0. The largest absolute Gasteiger partial charge is 0.480 e. The number of hydrogen-bond donors (Lipinski definition) is 2. The Kier molecular flexibility index (Phi) is 3.67. The summed E-state index contributed by atoms with van der Waals surface area (Å²) in [5.41, 5.74) is -0.0393. The first-order valence-electron chi connectivity index (χ1n) is 6.53. The first-order chi connectivity index (χ1) is 8.88. The SMILES string of the molecule is CCc1sc(C(=O)NC(C)(C(=O)O)C2CC2)cc1C. The molecule has 1 unspecified atom stereocenters. The standard InChI is InChI=1S/C14H19NO3S/c1-4-10-8(2)7-11(19-10)12(16)15-14(3,13(17)18)9-5-6-9/h7,9H,4-6H2,1-3H3,(H,15,16)(H,17,18). The van der Waals surface area contributed by atoms with Crippen molar-refractivity contribution in [2.75, 3.05) is 0 Å². The molecule has 0 bridgehead atoms. The minimum atomic E-state index is -1.14. The second-order valence-electron chi connectivity index (χ2n) is 5.31. The van der Waals surface area contributed by atoms with E-state index in [1.54, 1.807) is 6.92 Å². The van der Waals surface area contributed by atoms with Crippen LogP contribution >= 0.6 is 11.3 Å². The molecule has 1 saturated carbocycles. The highest BCUT2D eigenvalue weighted by atomic mass is 32.1. The number of amides is 1. The minimum Gasteiger partial charge on any atom is -0.480 e. The van der Waals surface area contributed by atoms with Gasteiger partial charge in [-0.15, -0.1) is 11.3 Å². The maximum absolute atomic E-state index is 12.2. The molecule has 0 spiro atoms. The molecule has 1 atom stereocenters. The summed E-state index contributed by atoms with van der Waals surface area (Å²) in [5, 5.41) is 12.0. The van der Waals surface area contributed by atoms with Gasteiger partial charge in [-0.05, 0) is 50.7 Å². The number of nitrogens with one attached hydrogen (secondary N) is 1. The van der Waals surface area contributed by atoms with Crippen molar-refractivity contribution >= 4 is 23.2 Å². The highest BCUT2D eigenvalue weighted by molar-refractivity contribution is 7.14. The molecule has 1 aromatic rings. The highest BCUT2D eigenvalue weighted by Gasteiger charge is 2.48. The third kappa shape index (κ3) is 2.66. The summed E-state index contributed by atoms with van der Waals surface area (Å²) in [4.78, 5) is 25.4. The Hall–Kier alpha value is -1.36. The Bertz CT molecular complexity index is 519. The first-order valence-corrected chi connectivity index (χ1v) is 7.35. The lowest BCUT2D eigenvalue weighted by Crippen LogP contribution is -2.53. The van der Waals surface area contributed by atoms with Gasteiger partial charge in [0, 0.05) is 4.88 Å². The van der Waals surface area contributed by atoms with E-state index >= 15 is 0 Å². The molecule has 104 valence electrons. The predicted octanol–water partition coefficient (Wildman–Crippen LogP) is 2.60. The van der Waals surface area contributed by atoms with Crippen molar-refractivity contribution in [2.24, 2.45) is 5.92 Å². The van der Waals surface area contributed by atoms with E-state index in [-0.39, 0.29) is 11.8 Å². The molecule has 2 N–H and O–H groups in total. The Morgan fingerprint density at radius 3 is 2.58 bits per heavy atom. The number of carboxylic acids is 1. The predicted molar refractivity (Wildman–Crippen MR) is 74.7 cm³/mol. The lowest BCUT2D eigenvalue weighted by Gasteiger charge is -2.25. The van der Waals surface area contributed by atoms with Crippen LogP contribution in [0.5, 0.6) is 0 Å². The van der Waals surface area contributed by atoms with Gasteiger partial charge in [-0.3, -0.25) is 4.79 Å². The van der Waals surface area contributed by atoms with E-state index in [4.69, 9.17) is 0 Å². The Morgan fingerprint density at radius 1 is 1.53 bits per heavy atom. The van der Waals surface area contributed by atoms with Gasteiger partial charge in [0.25, 0.3) is 5.91 Å². The summed E-state index contributed by atoms with van der Waals surface area (Å²) in [6, 6.07) is 1.84. The van der Waals surface area contributed by atoms with E-state index < -0.39 is 11.5 Å². The molecule has 1 aliphatic carbocycles. The van der Waals surface area contributed by atoms with Gasteiger partial charge in [0.2, 0.25) is 0 Å². The van der Waals surface area contributed by atoms with Crippen molar-refractivity contribution < 1.29 is 14.7 Å². The molecule has 1 aromatic heterocycles. The monoisotopic (exact) mass is 281 g/mol. The van der Waals surface area contributed by atoms with E-state index in [1.807, 2.05) is 19.9 Å². The van der Waals surface area contributed by atoms with Crippen LogP contribution in [0.3, 0.4) is 0 Å². The van der Waals surface area contributed by atoms with Crippen LogP contribution in [0.15, 0.2) is 6.07 Å². The Balaban J connectivity index is 2.17. The molecular weight excluding hydrogens is 262 g/mol. The van der Waals surface area contributed by atoms with Crippen LogP contribution in [0.2, 0.25) is 0 Å². The first kappa shape index (κ1) is 14.1. The smallest absolute Gasteiger partial charge is 0.329 e. The van der Waals surface area contributed by atoms with Crippen LogP contribution in [0.4, 0.5) is 0 Å². The fourth-order valence-electron chi connectivity index (χ4n) is 2.27. The van der Waals surface area contributed by atoms with E-state index in [2.05, 4.69) is 5.32 Å². The van der Waals surface area contributed by atoms with Gasteiger partial charge >= 0.3 is 5.97 Å². The second kappa shape index (κ2) is 4.96. The highest BCUT2D eigenvalue weighted by Crippen LogP contribution is 2.40. The van der Waals surface area contributed by atoms with Crippen molar-refractivity contribution in [3.05, 3.63) is 21.4 Å². The van der Waals surface area contributed by atoms with E-state index in [0.717, 1.165) is 24.8 Å².